The van der Waals surface area contributed by atoms with E-state index in [0.717, 1.165) is 5.39 Å². The molecule has 0 aromatic carbocycles. The van der Waals surface area contributed by atoms with Gasteiger partial charge in [-0.1, -0.05) is 0 Å². The Balaban J connectivity index is 1.84. The van der Waals surface area contributed by atoms with Crippen LogP contribution in [0, 0.1) is 0 Å². The fourth-order valence-electron chi connectivity index (χ4n) is 2.72. The number of aromatic nitrogens is 3. The normalized spacial score (nSPS) is 12.1. The number of primary amides is 1. The number of hydrogen-bond acceptors (Lipinski definition) is 4. The number of aromatic amines is 1. The molecule has 1 amide bonds. The van der Waals surface area contributed by atoms with E-state index in [0.29, 0.717) is 22.3 Å². The summed E-state index contributed by atoms with van der Waals surface area (Å²) in [5.74, 6) is -0.580. The highest BCUT2D eigenvalue weighted by Crippen LogP contribution is 2.25. The monoisotopic (exact) mass is 406 g/mol. The second kappa shape index (κ2) is 8.31. The van der Waals surface area contributed by atoms with E-state index in [1.54, 1.807) is 24.5 Å². The first-order valence-electron chi connectivity index (χ1n) is 8.53. The average molecular weight is 406 g/mol. The first kappa shape index (κ1) is 20.3. The number of halogens is 3. The van der Waals surface area contributed by atoms with Crippen LogP contribution in [0.2, 0.25) is 0 Å². The van der Waals surface area contributed by atoms with Gasteiger partial charge in [-0.25, -0.2) is 4.98 Å². The molecule has 29 heavy (non-hydrogen) atoms. The highest BCUT2D eigenvalue weighted by molar-refractivity contribution is 5.95. The minimum atomic E-state index is -4.41. The van der Waals surface area contributed by atoms with Crippen molar-refractivity contribution in [1.82, 2.24) is 14.5 Å². The molecule has 0 bridgehead atoms. The number of pyridine rings is 2. The summed E-state index contributed by atoms with van der Waals surface area (Å²) in [5, 5.41) is 0.742. The molecule has 10 heteroatoms. The Morgan fingerprint density at radius 2 is 2.10 bits per heavy atom. The summed E-state index contributed by atoms with van der Waals surface area (Å²) < 4.78 is 42.3. The number of alkyl halides is 3. The largest absolute Gasteiger partial charge is 0.411 e. The third-order valence-corrected chi connectivity index (χ3v) is 4.05. The molecule has 152 valence electrons. The van der Waals surface area contributed by atoms with Gasteiger partial charge in [-0.2, -0.15) is 13.2 Å². The lowest BCUT2D eigenvalue weighted by molar-refractivity contribution is -0.174. The molecule has 3 aromatic rings. The number of carbonyl (C=O) groups excluding carboxylic acids is 1. The van der Waals surface area contributed by atoms with Gasteiger partial charge < -0.3 is 20.0 Å². The number of ether oxygens (including phenoxy) is 1. The van der Waals surface area contributed by atoms with E-state index in [9.17, 15) is 22.8 Å². The first-order valence-corrected chi connectivity index (χ1v) is 8.53. The Morgan fingerprint density at radius 1 is 1.31 bits per heavy atom. The number of H-pyrrole nitrogens is 1. The highest BCUT2D eigenvalue weighted by atomic mass is 19.4. The van der Waals surface area contributed by atoms with Crippen LogP contribution in [0.5, 0.6) is 0 Å². The second-order valence-corrected chi connectivity index (χ2v) is 6.22. The van der Waals surface area contributed by atoms with Crippen LogP contribution in [0.15, 0.2) is 47.7 Å². The summed E-state index contributed by atoms with van der Waals surface area (Å²) in [4.78, 5) is 30.2. The van der Waals surface area contributed by atoms with Crippen LogP contribution in [0.1, 0.15) is 5.56 Å². The van der Waals surface area contributed by atoms with Gasteiger partial charge in [0.2, 0.25) is 5.91 Å². The topological polar surface area (TPSA) is 103 Å². The van der Waals surface area contributed by atoms with Crippen LogP contribution in [0.3, 0.4) is 0 Å². The van der Waals surface area contributed by atoms with Crippen LogP contribution in [-0.4, -0.2) is 39.8 Å². The van der Waals surface area contributed by atoms with E-state index in [-0.39, 0.29) is 18.7 Å². The van der Waals surface area contributed by atoms with Crippen molar-refractivity contribution in [3.63, 3.8) is 0 Å². The Kier molecular flexibility index (Phi) is 5.83. The number of hydrogen-bond donors (Lipinski definition) is 2. The van der Waals surface area contributed by atoms with Crippen molar-refractivity contribution in [2.24, 2.45) is 5.73 Å². The molecule has 7 nitrogen and oxygen atoms in total. The second-order valence-electron chi connectivity index (χ2n) is 6.22. The molecule has 3 heterocycles. The van der Waals surface area contributed by atoms with Crippen LogP contribution < -0.4 is 11.3 Å². The van der Waals surface area contributed by atoms with Crippen molar-refractivity contribution in [3.05, 3.63) is 58.8 Å². The summed E-state index contributed by atoms with van der Waals surface area (Å²) in [6.07, 6.45) is 3.20. The van der Waals surface area contributed by atoms with Crippen LogP contribution in [0.4, 0.5) is 13.2 Å². The molecule has 3 aromatic heterocycles. The lowest BCUT2D eigenvalue weighted by Gasteiger charge is -2.10. The molecule has 0 saturated heterocycles. The molecule has 0 aliphatic heterocycles. The number of fused-ring (bicyclic) bond motifs is 1. The molecule has 0 atom stereocenters. The standard InChI is InChI=1S/C19H17F3N4O3/c20-19(21,22)11-29-6-5-26-10-13(2-4-17(26)28)14-7-15-12(1-3-16(23)27)8-24-18(15)25-9-14/h1-4,7-10H,5-6,11H2,(H2,23,27)(H,24,25). The minimum Gasteiger partial charge on any atom is -0.370 e. The summed E-state index contributed by atoms with van der Waals surface area (Å²) in [5.41, 5.74) is 7.42. The van der Waals surface area contributed by atoms with Crippen LogP contribution in [-0.2, 0) is 16.1 Å². The Morgan fingerprint density at radius 3 is 2.83 bits per heavy atom. The van der Waals surface area contributed by atoms with Gasteiger partial charge in [-0.15, -0.1) is 0 Å². The predicted molar refractivity (Wildman–Crippen MR) is 101 cm³/mol. The van der Waals surface area contributed by atoms with Crippen LogP contribution >= 0.6 is 0 Å². The number of nitrogens with one attached hydrogen (secondary N) is 1. The molecule has 0 fully saturated rings. The Hall–Kier alpha value is -3.40. The first-order chi connectivity index (χ1) is 13.7. The fourth-order valence-corrected chi connectivity index (χ4v) is 2.72. The Bertz CT molecular complexity index is 1120. The fraction of sp³-hybridized carbons (Fsp3) is 0.211. The lowest BCUT2D eigenvalue weighted by Crippen LogP contribution is -2.23. The third-order valence-electron chi connectivity index (χ3n) is 4.05. The maximum Gasteiger partial charge on any atom is 0.411 e. The molecule has 0 saturated carbocycles. The van der Waals surface area contributed by atoms with Crippen molar-refractivity contribution in [1.29, 1.82) is 0 Å². The van der Waals surface area contributed by atoms with Gasteiger partial charge in [-0.3, -0.25) is 9.59 Å². The van der Waals surface area contributed by atoms with Crippen molar-refractivity contribution < 1.29 is 22.7 Å². The van der Waals surface area contributed by atoms with E-state index >= 15 is 0 Å². The molecule has 0 spiro atoms. The van der Waals surface area contributed by atoms with Crippen molar-refractivity contribution in [3.8, 4) is 11.1 Å². The molecular weight excluding hydrogens is 389 g/mol. The third kappa shape index (κ3) is 5.32. The zero-order valence-electron chi connectivity index (χ0n) is 15.1. The van der Waals surface area contributed by atoms with Crippen molar-refractivity contribution in [2.45, 2.75) is 12.7 Å². The van der Waals surface area contributed by atoms with Gasteiger partial charge in [0.15, 0.2) is 0 Å². The zero-order chi connectivity index (χ0) is 21.0. The quantitative estimate of drug-likeness (QED) is 0.465. The highest BCUT2D eigenvalue weighted by Gasteiger charge is 2.27. The van der Waals surface area contributed by atoms with E-state index in [2.05, 4.69) is 14.7 Å². The van der Waals surface area contributed by atoms with E-state index in [1.807, 2.05) is 6.07 Å². The average Bonchev–Trinajstić information content (AvgIpc) is 3.06. The number of carbonyl (C=O) groups is 1. The van der Waals surface area contributed by atoms with Gasteiger partial charge in [0.05, 0.1) is 6.61 Å². The van der Waals surface area contributed by atoms with E-state index in [4.69, 9.17) is 5.73 Å². The van der Waals surface area contributed by atoms with Gasteiger partial charge in [0.25, 0.3) is 5.56 Å². The zero-order valence-corrected chi connectivity index (χ0v) is 15.1. The Labute approximate surface area is 162 Å². The summed E-state index contributed by atoms with van der Waals surface area (Å²) in [6.45, 7) is -1.63. The molecule has 0 unspecified atom stereocenters. The molecular formula is C19H17F3N4O3. The maximum absolute atomic E-state index is 12.1. The number of amides is 1. The number of rotatable bonds is 7. The van der Waals surface area contributed by atoms with Gasteiger partial charge in [-0.05, 0) is 23.8 Å². The summed E-state index contributed by atoms with van der Waals surface area (Å²) in [7, 11) is 0. The van der Waals surface area contributed by atoms with E-state index < -0.39 is 18.7 Å². The number of nitrogens with zero attached hydrogens (tertiary/aromatic N) is 2. The molecule has 0 aliphatic carbocycles. The number of nitrogens with two attached hydrogens (primary N) is 1. The summed E-state index contributed by atoms with van der Waals surface area (Å²) >= 11 is 0. The molecule has 3 rings (SSSR count). The van der Waals surface area contributed by atoms with E-state index in [1.165, 1.54) is 22.9 Å². The van der Waals surface area contributed by atoms with Gasteiger partial charge in [0.1, 0.15) is 12.3 Å². The smallest absolute Gasteiger partial charge is 0.370 e. The predicted octanol–water partition coefficient (Wildman–Crippen LogP) is 2.47. The minimum absolute atomic E-state index is 0.0187. The van der Waals surface area contributed by atoms with Gasteiger partial charge in [0, 0.05) is 53.8 Å². The van der Waals surface area contributed by atoms with Crippen LogP contribution in [0.25, 0.3) is 28.2 Å². The van der Waals surface area contributed by atoms with Gasteiger partial charge >= 0.3 is 6.18 Å². The lowest BCUT2D eigenvalue weighted by atomic mass is 10.1. The molecule has 3 N–H and O–H groups in total. The molecule has 0 radical (unpaired) electrons. The SMILES string of the molecule is NC(=O)C=Cc1c[nH]c2ncc(-c3ccc(=O)n(CCOCC(F)(F)F)c3)cc12. The summed E-state index contributed by atoms with van der Waals surface area (Å²) in [6, 6.07) is 4.75. The van der Waals surface area contributed by atoms with Crippen molar-refractivity contribution in [2.75, 3.05) is 13.2 Å². The maximum atomic E-state index is 12.1. The van der Waals surface area contributed by atoms with Crippen molar-refractivity contribution >= 4 is 23.0 Å². The molecule has 0 aliphatic rings.